The predicted octanol–water partition coefficient (Wildman–Crippen LogP) is 4.44. The van der Waals surface area contributed by atoms with Gasteiger partial charge in [-0.05, 0) is 51.0 Å². The molecule has 1 atom stereocenters. The summed E-state index contributed by atoms with van der Waals surface area (Å²) in [7, 11) is 0. The lowest BCUT2D eigenvalue weighted by Crippen LogP contribution is -2.27. The standard InChI is InChI=1S/C24H26N4O3/c1-5-30-21-12-19(10-11-20(21)31-13-18-8-6-15(2)7-9-18)23-22(17(4)29)16(3)27-24-25-14-26-28(23)24/h6-12,14,23H,5,13H2,1-4H3,(H,25,26,27). The lowest BCUT2D eigenvalue weighted by molar-refractivity contribution is -0.114. The van der Waals surface area contributed by atoms with Crippen LogP contribution in [0.3, 0.4) is 0 Å². The Kier molecular flexibility index (Phi) is 5.75. The van der Waals surface area contributed by atoms with Gasteiger partial charge in [0.15, 0.2) is 17.3 Å². The third-order valence-electron chi connectivity index (χ3n) is 5.27. The van der Waals surface area contributed by atoms with E-state index in [1.54, 1.807) is 11.6 Å². The normalized spacial score (nSPS) is 15.3. The Balaban J connectivity index is 1.68. The molecule has 1 N–H and O–H groups in total. The molecule has 1 unspecified atom stereocenters. The second kappa shape index (κ2) is 8.63. The van der Waals surface area contributed by atoms with Crippen LogP contribution in [0.5, 0.6) is 11.5 Å². The number of allylic oxidation sites excluding steroid dienone is 2. The number of Topliss-reactive ketones (excluding diaryl/α,β-unsaturated/α-hetero) is 1. The first-order valence-electron chi connectivity index (χ1n) is 10.3. The van der Waals surface area contributed by atoms with Gasteiger partial charge in [-0.15, -0.1) is 0 Å². The Bertz CT molecular complexity index is 1130. The minimum absolute atomic E-state index is 0.0196. The van der Waals surface area contributed by atoms with E-state index in [1.807, 2.05) is 32.0 Å². The van der Waals surface area contributed by atoms with Gasteiger partial charge in [0, 0.05) is 11.3 Å². The average Bonchev–Trinajstić information content (AvgIpc) is 3.21. The van der Waals surface area contributed by atoms with E-state index in [2.05, 4.69) is 46.6 Å². The summed E-state index contributed by atoms with van der Waals surface area (Å²) >= 11 is 0. The van der Waals surface area contributed by atoms with Crippen molar-refractivity contribution in [2.24, 2.45) is 0 Å². The SMILES string of the molecule is CCOc1cc(C2C(C(C)=O)=C(C)Nc3ncnn32)ccc1OCc1ccc(C)cc1. The lowest BCUT2D eigenvalue weighted by Gasteiger charge is -2.28. The fraction of sp³-hybridized carbons (Fsp3) is 0.292. The molecule has 0 bridgehead atoms. The highest BCUT2D eigenvalue weighted by Crippen LogP contribution is 2.39. The van der Waals surface area contributed by atoms with Gasteiger partial charge in [0.1, 0.15) is 19.0 Å². The number of benzene rings is 2. The summed E-state index contributed by atoms with van der Waals surface area (Å²) in [5.74, 6) is 1.87. The van der Waals surface area contributed by atoms with Crippen molar-refractivity contribution in [3.05, 3.63) is 76.8 Å². The van der Waals surface area contributed by atoms with E-state index in [1.165, 1.54) is 11.9 Å². The van der Waals surface area contributed by atoms with Crippen LogP contribution >= 0.6 is 0 Å². The molecule has 2 heterocycles. The number of anilines is 1. The van der Waals surface area contributed by atoms with Gasteiger partial charge in [0.05, 0.1) is 6.61 Å². The molecule has 2 aromatic carbocycles. The number of carbonyl (C=O) groups excluding carboxylic acids is 1. The molecule has 7 nitrogen and oxygen atoms in total. The molecule has 4 rings (SSSR count). The Labute approximate surface area is 181 Å². The molecule has 0 saturated heterocycles. The first-order chi connectivity index (χ1) is 15.0. The van der Waals surface area contributed by atoms with Gasteiger partial charge < -0.3 is 14.8 Å². The van der Waals surface area contributed by atoms with E-state index in [9.17, 15) is 4.79 Å². The maximum atomic E-state index is 12.5. The van der Waals surface area contributed by atoms with Gasteiger partial charge in [-0.25, -0.2) is 4.68 Å². The molecule has 1 aliphatic rings. The number of aryl methyl sites for hydroxylation is 1. The minimum Gasteiger partial charge on any atom is -0.490 e. The molecule has 0 amide bonds. The van der Waals surface area contributed by atoms with Crippen molar-refractivity contribution in [2.45, 2.75) is 40.3 Å². The molecule has 0 saturated carbocycles. The number of rotatable bonds is 7. The topological polar surface area (TPSA) is 78.3 Å². The summed E-state index contributed by atoms with van der Waals surface area (Å²) in [6, 6.07) is 13.6. The van der Waals surface area contributed by atoms with Crippen molar-refractivity contribution in [1.29, 1.82) is 0 Å². The molecule has 0 fully saturated rings. The van der Waals surface area contributed by atoms with Gasteiger partial charge in [-0.1, -0.05) is 35.9 Å². The Morgan fingerprint density at radius 2 is 1.87 bits per heavy atom. The summed E-state index contributed by atoms with van der Waals surface area (Å²) in [6.45, 7) is 8.38. The van der Waals surface area contributed by atoms with Crippen molar-refractivity contribution < 1.29 is 14.3 Å². The fourth-order valence-corrected chi connectivity index (χ4v) is 3.78. The Hall–Kier alpha value is -3.61. The molecular formula is C24H26N4O3. The summed E-state index contributed by atoms with van der Waals surface area (Å²) in [4.78, 5) is 16.7. The molecule has 0 spiro atoms. The van der Waals surface area contributed by atoms with Crippen LogP contribution in [0.4, 0.5) is 5.95 Å². The highest BCUT2D eigenvalue weighted by atomic mass is 16.5. The van der Waals surface area contributed by atoms with E-state index in [0.717, 1.165) is 16.8 Å². The van der Waals surface area contributed by atoms with Crippen LogP contribution in [-0.4, -0.2) is 27.2 Å². The van der Waals surface area contributed by atoms with Crippen molar-refractivity contribution in [3.8, 4) is 11.5 Å². The number of aromatic nitrogens is 3. The second-order valence-electron chi connectivity index (χ2n) is 7.56. The van der Waals surface area contributed by atoms with Crippen LogP contribution in [0.25, 0.3) is 0 Å². The van der Waals surface area contributed by atoms with Crippen molar-refractivity contribution in [3.63, 3.8) is 0 Å². The summed E-state index contributed by atoms with van der Waals surface area (Å²) < 4.78 is 13.7. The highest BCUT2D eigenvalue weighted by Gasteiger charge is 2.32. The number of nitrogens with zero attached hydrogens (tertiary/aromatic N) is 3. The van der Waals surface area contributed by atoms with Gasteiger partial charge in [-0.2, -0.15) is 10.1 Å². The Morgan fingerprint density at radius 1 is 1.10 bits per heavy atom. The molecule has 0 aliphatic carbocycles. The molecule has 31 heavy (non-hydrogen) atoms. The van der Waals surface area contributed by atoms with Crippen molar-refractivity contribution in [2.75, 3.05) is 11.9 Å². The molecule has 1 aliphatic heterocycles. The molecule has 7 heteroatoms. The van der Waals surface area contributed by atoms with Gasteiger partial charge in [0.2, 0.25) is 5.95 Å². The maximum absolute atomic E-state index is 12.5. The molecule has 0 radical (unpaired) electrons. The molecular weight excluding hydrogens is 392 g/mol. The van der Waals surface area contributed by atoms with E-state index < -0.39 is 0 Å². The molecule has 160 valence electrons. The van der Waals surface area contributed by atoms with Crippen LogP contribution < -0.4 is 14.8 Å². The van der Waals surface area contributed by atoms with E-state index in [-0.39, 0.29) is 11.8 Å². The van der Waals surface area contributed by atoms with Crippen LogP contribution in [-0.2, 0) is 11.4 Å². The summed E-state index contributed by atoms with van der Waals surface area (Å²) in [5, 5.41) is 7.50. The fourth-order valence-electron chi connectivity index (χ4n) is 3.78. The first kappa shape index (κ1) is 20.7. The Morgan fingerprint density at radius 3 is 2.58 bits per heavy atom. The van der Waals surface area contributed by atoms with Crippen molar-refractivity contribution >= 4 is 11.7 Å². The van der Waals surface area contributed by atoms with Crippen LogP contribution in [0.2, 0.25) is 0 Å². The van der Waals surface area contributed by atoms with E-state index >= 15 is 0 Å². The molecule has 1 aromatic heterocycles. The van der Waals surface area contributed by atoms with Gasteiger partial charge in [0.25, 0.3) is 0 Å². The van der Waals surface area contributed by atoms with Gasteiger partial charge in [-0.3, -0.25) is 4.79 Å². The third kappa shape index (κ3) is 4.17. The zero-order chi connectivity index (χ0) is 22.0. The van der Waals surface area contributed by atoms with E-state index in [0.29, 0.717) is 36.2 Å². The number of ether oxygens (including phenoxy) is 2. The largest absolute Gasteiger partial charge is 0.490 e. The van der Waals surface area contributed by atoms with Crippen LogP contribution in [0.1, 0.15) is 43.5 Å². The number of hydrogen-bond donors (Lipinski definition) is 1. The zero-order valence-corrected chi connectivity index (χ0v) is 18.2. The number of hydrogen-bond acceptors (Lipinski definition) is 6. The average molecular weight is 418 g/mol. The summed E-state index contributed by atoms with van der Waals surface area (Å²) in [5.41, 5.74) is 4.59. The monoisotopic (exact) mass is 418 g/mol. The smallest absolute Gasteiger partial charge is 0.226 e. The zero-order valence-electron chi connectivity index (χ0n) is 18.2. The maximum Gasteiger partial charge on any atom is 0.226 e. The first-order valence-corrected chi connectivity index (χ1v) is 10.3. The van der Waals surface area contributed by atoms with E-state index in [4.69, 9.17) is 9.47 Å². The van der Waals surface area contributed by atoms with Crippen molar-refractivity contribution in [1.82, 2.24) is 14.8 Å². The summed E-state index contributed by atoms with van der Waals surface area (Å²) in [6.07, 6.45) is 1.48. The molecule has 3 aromatic rings. The van der Waals surface area contributed by atoms with Crippen LogP contribution in [0, 0.1) is 6.92 Å². The lowest BCUT2D eigenvalue weighted by atomic mass is 9.93. The second-order valence-corrected chi connectivity index (χ2v) is 7.56. The van der Waals surface area contributed by atoms with Crippen LogP contribution in [0.15, 0.2) is 60.1 Å². The predicted molar refractivity (Wildman–Crippen MR) is 118 cm³/mol. The number of fused-ring (bicyclic) bond motifs is 1. The van der Waals surface area contributed by atoms with Gasteiger partial charge >= 0.3 is 0 Å². The highest BCUT2D eigenvalue weighted by molar-refractivity contribution is 5.96. The number of ketones is 1. The number of nitrogens with one attached hydrogen (secondary N) is 1. The number of carbonyl (C=O) groups is 1. The third-order valence-corrected chi connectivity index (χ3v) is 5.27. The minimum atomic E-state index is -0.387. The quantitative estimate of drug-likeness (QED) is 0.611.